The largest absolute Gasteiger partial charge is 0.395 e. The first-order valence-corrected chi connectivity index (χ1v) is 10.3. The highest BCUT2D eigenvalue weighted by atomic mass is 28.4. The monoisotopic (exact) mass is 356 g/mol. The molecule has 8 heteroatoms. The molecule has 1 aromatic rings. The fourth-order valence-corrected chi connectivity index (χ4v) is 3.12. The highest BCUT2D eigenvalue weighted by molar-refractivity contribution is 6.64. The molecule has 2 nitrogen and oxygen atoms in total. The molecule has 0 spiro atoms. The number of halogens is 5. The van der Waals surface area contributed by atoms with Crippen LogP contribution in [0.3, 0.4) is 0 Å². The third kappa shape index (κ3) is 5.54. The summed E-state index contributed by atoms with van der Waals surface area (Å²) >= 11 is 0. The van der Waals surface area contributed by atoms with Crippen molar-refractivity contribution in [3.05, 3.63) is 34.6 Å². The first kappa shape index (κ1) is 20.1. The molecule has 0 heterocycles. The maximum absolute atomic E-state index is 13.5. The van der Waals surface area contributed by atoms with Crippen LogP contribution < -0.4 is 0 Å². The Labute approximate surface area is 133 Å². The summed E-state index contributed by atoms with van der Waals surface area (Å²) in [6.07, 6.45) is 3.99. The van der Waals surface area contributed by atoms with Crippen molar-refractivity contribution in [1.82, 2.24) is 0 Å². The summed E-state index contributed by atoms with van der Waals surface area (Å²) in [5, 5.41) is 0. The van der Waals surface area contributed by atoms with Crippen LogP contribution in [0.4, 0.5) is 22.0 Å². The van der Waals surface area contributed by atoms with Gasteiger partial charge in [0.05, 0.1) is 12.2 Å². The topological polar surface area (TPSA) is 18.5 Å². The number of unbranched alkanes of at least 4 members (excludes halogenated alkanes) is 3. The summed E-state index contributed by atoms with van der Waals surface area (Å²) in [6.45, 7) is 5.10. The molecule has 0 atom stereocenters. The molecule has 0 saturated carbocycles. The number of hydrogen-bond acceptors (Lipinski definition) is 2. The van der Waals surface area contributed by atoms with Gasteiger partial charge in [-0.05, 0) is 19.5 Å². The van der Waals surface area contributed by atoms with Crippen LogP contribution in [0.2, 0.25) is 13.1 Å². The first-order valence-electron chi connectivity index (χ1n) is 7.49. The maximum atomic E-state index is 13.5. The van der Waals surface area contributed by atoms with Gasteiger partial charge in [-0.15, -0.1) is 0 Å². The van der Waals surface area contributed by atoms with E-state index < -0.39 is 49.8 Å². The quantitative estimate of drug-likeness (QED) is 0.199. The smallest absolute Gasteiger partial charge is 0.332 e. The van der Waals surface area contributed by atoms with Crippen LogP contribution in [-0.4, -0.2) is 15.2 Å². The Morgan fingerprint density at radius 3 is 1.78 bits per heavy atom. The Bertz CT molecular complexity index is 508. The molecule has 0 aliphatic carbocycles. The lowest BCUT2D eigenvalue weighted by Crippen LogP contribution is -2.35. The fourth-order valence-electron chi connectivity index (χ4n) is 1.91. The van der Waals surface area contributed by atoms with Gasteiger partial charge in [-0.1, -0.05) is 26.2 Å². The van der Waals surface area contributed by atoms with Crippen LogP contribution in [0, 0.1) is 29.1 Å². The van der Waals surface area contributed by atoms with E-state index in [0.29, 0.717) is 6.61 Å². The van der Waals surface area contributed by atoms with E-state index >= 15 is 0 Å². The van der Waals surface area contributed by atoms with Gasteiger partial charge in [0.1, 0.15) is 0 Å². The summed E-state index contributed by atoms with van der Waals surface area (Å²) in [4.78, 5) is 0. The molecule has 0 aliphatic rings. The van der Waals surface area contributed by atoms with Gasteiger partial charge >= 0.3 is 8.56 Å². The Hall–Kier alpha value is -0.993. The molecule has 1 rings (SSSR count). The molecule has 0 amide bonds. The van der Waals surface area contributed by atoms with Gasteiger partial charge in [-0.25, -0.2) is 22.0 Å². The van der Waals surface area contributed by atoms with E-state index in [4.69, 9.17) is 8.85 Å². The van der Waals surface area contributed by atoms with E-state index in [1.165, 1.54) is 0 Å². The lowest BCUT2D eigenvalue weighted by atomic mass is 10.2. The molecule has 0 saturated heterocycles. The molecular formula is C15H21F5O2Si. The van der Waals surface area contributed by atoms with E-state index in [2.05, 4.69) is 6.92 Å². The molecule has 1 aromatic carbocycles. The van der Waals surface area contributed by atoms with Crippen LogP contribution >= 0.6 is 0 Å². The van der Waals surface area contributed by atoms with Gasteiger partial charge in [0.15, 0.2) is 23.3 Å². The highest BCUT2D eigenvalue weighted by Crippen LogP contribution is 2.24. The Morgan fingerprint density at radius 2 is 1.26 bits per heavy atom. The minimum absolute atomic E-state index is 0.441. The summed E-state index contributed by atoms with van der Waals surface area (Å²) < 4.78 is 77.1. The molecule has 0 bridgehead atoms. The lowest BCUT2D eigenvalue weighted by molar-refractivity contribution is 0.163. The van der Waals surface area contributed by atoms with Gasteiger partial charge in [0.2, 0.25) is 5.82 Å². The molecule has 0 N–H and O–H groups in total. The SMILES string of the molecule is CCCCCCO[Si](C)(C)OCc1c(F)c(F)c(F)c(F)c1F. The van der Waals surface area contributed by atoms with E-state index in [1.807, 2.05) is 0 Å². The third-order valence-electron chi connectivity index (χ3n) is 3.31. The molecule has 132 valence electrons. The average Bonchev–Trinajstić information content (AvgIpc) is 2.50. The summed E-state index contributed by atoms with van der Waals surface area (Å²) in [7, 11) is -2.71. The van der Waals surface area contributed by atoms with Gasteiger partial charge in [-0.2, -0.15) is 0 Å². The van der Waals surface area contributed by atoms with Gasteiger partial charge in [0, 0.05) is 6.61 Å². The van der Waals surface area contributed by atoms with Crippen molar-refractivity contribution in [1.29, 1.82) is 0 Å². The van der Waals surface area contributed by atoms with Crippen molar-refractivity contribution < 1.29 is 30.8 Å². The standard InChI is InChI=1S/C15H21F5O2Si/c1-4-5-6-7-8-21-23(2,3)22-9-10-11(16)13(18)15(20)14(19)12(10)17/h4-9H2,1-3H3. The second-order valence-corrected chi connectivity index (χ2v) is 9.02. The zero-order valence-corrected chi connectivity index (χ0v) is 14.4. The Morgan fingerprint density at radius 1 is 0.739 bits per heavy atom. The van der Waals surface area contributed by atoms with E-state index in [0.717, 1.165) is 25.7 Å². The molecule has 0 aromatic heterocycles. The molecule has 0 radical (unpaired) electrons. The number of rotatable bonds is 9. The van der Waals surface area contributed by atoms with Gasteiger partial charge < -0.3 is 8.85 Å². The number of benzene rings is 1. The second kappa shape index (κ2) is 8.75. The predicted octanol–water partition coefficient (Wildman–Crippen LogP) is 5.20. The van der Waals surface area contributed by atoms with Crippen LogP contribution in [0.1, 0.15) is 38.2 Å². The highest BCUT2D eigenvalue weighted by Gasteiger charge is 2.29. The number of hydrogen-bond donors (Lipinski definition) is 0. The normalized spacial score (nSPS) is 12.0. The zero-order valence-electron chi connectivity index (χ0n) is 13.4. The van der Waals surface area contributed by atoms with Crippen LogP contribution in [0.25, 0.3) is 0 Å². The molecule has 0 fully saturated rings. The van der Waals surface area contributed by atoms with Gasteiger partial charge in [0.25, 0.3) is 0 Å². The van der Waals surface area contributed by atoms with Crippen molar-refractivity contribution in [3.63, 3.8) is 0 Å². The zero-order chi connectivity index (χ0) is 17.6. The van der Waals surface area contributed by atoms with Crippen molar-refractivity contribution in [2.75, 3.05) is 6.61 Å². The van der Waals surface area contributed by atoms with Crippen LogP contribution in [-0.2, 0) is 15.5 Å². The summed E-state index contributed by atoms with van der Waals surface area (Å²) in [6, 6.07) is 0. The molecule has 0 aliphatic heterocycles. The fraction of sp³-hybridized carbons (Fsp3) is 0.600. The van der Waals surface area contributed by atoms with E-state index in [-0.39, 0.29) is 0 Å². The van der Waals surface area contributed by atoms with E-state index in [1.54, 1.807) is 13.1 Å². The van der Waals surface area contributed by atoms with E-state index in [9.17, 15) is 22.0 Å². The minimum Gasteiger partial charge on any atom is -0.395 e. The van der Waals surface area contributed by atoms with Crippen LogP contribution in [0.5, 0.6) is 0 Å². The third-order valence-corrected chi connectivity index (χ3v) is 5.05. The summed E-state index contributed by atoms with van der Waals surface area (Å²) in [5.41, 5.74) is -0.975. The minimum atomic E-state index is -2.71. The average molecular weight is 356 g/mol. The second-order valence-electron chi connectivity index (χ2n) is 5.65. The molecular weight excluding hydrogens is 335 g/mol. The van der Waals surface area contributed by atoms with Crippen molar-refractivity contribution in [3.8, 4) is 0 Å². The van der Waals surface area contributed by atoms with Crippen molar-refractivity contribution in [2.45, 2.75) is 52.3 Å². The Balaban J connectivity index is 2.67. The molecule has 23 heavy (non-hydrogen) atoms. The van der Waals surface area contributed by atoms with Crippen molar-refractivity contribution in [2.24, 2.45) is 0 Å². The van der Waals surface area contributed by atoms with Crippen molar-refractivity contribution >= 4 is 8.56 Å². The predicted molar refractivity (Wildman–Crippen MR) is 78.6 cm³/mol. The summed E-state index contributed by atoms with van der Waals surface area (Å²) in [5.74, 6) is -9.85. The first-order chi connectivity index (χ1) is 10.7. The molecule has 0 unspecified atom stereocenters. The maximum Gasteiger partial charge on any atom is 0.332 e. The Kier molecular flexibility index (Phi) is 7.63. The van der Waals surface area contributed by atoms with Crippen LogP contribution in [0.15, 0.2) is 0 Å². The van der Waals surface area contributed by atoms with Gasteiger partial charge in [-0.3, -0.25) is 0 Å². The lowest BCUT2D eigenvalue weighted by Gasteiger charge is -2.23.